The van der Waals surface area contributed by atoms with Crippen molar-refractivity contribution >= 4 is 5.91 Å². The van der Waals surface area contributed by atoms with Gasteiger partial charge in [-0.3, -0.25) is 4.79 Å². The highest BCUT2D eigenvalue weighted by Gasteiger charge is 2.29. The molecule has 0 aliphatic heterocycles. The summed E-state index contributed by atoms with van der Waals surface area (Å²) in [7, 11) is 0. The number of furan rings is 1. The normalized spacial score (nSPS) is 16.3. The zero-order chi connectivity index (χ0) is 13.2. The van der Waals surface area contributed by atoms with Gasteiger partial charge in [0, 0.05) is 24.4 Å². The summed E-state index contributed by atoms with van der Waals surface area (Å²) < 4.78 is 10.4. The van der Waals surface area contributed by atoms with Gasteiger partial charge in [0.2, 0.25) is 0 Å². The third-order valence-corrected chi connectivity index (χ3v) is 3.21. The Bertz CT molecular complexity index is 555. The number of hydrogen-bond donors (Lipinski definition) is 1. The molecule has 1 amide bonds. The molecule has 0 radical (unpaired) electrons. The van der Waals surface area contributed by atoms with Gasteiger partial charge in [-0.25, -0.2) is 0 Å². The van der Waals surface area contributed by atoms with Crippen LogP contribution in [0.3, 0.4) is 0 Å². The smallest absolute Gasteiger partial charge is 0.273 e. The Morgan fingerprint density at radius 3 is 3.11 bits per heavy atom. The zero-order valence-electron chi connectivity index (χ0n) is 10.8. The summed E-state index contributed by atoms with van der Waals surface area (Å²) in [6.07, 6.45) is 4.55. The second-order valence-corrected chi connectivity index (χ2v) is 5.05. The molecule has 1 atom stereocenters. The first-order valence-electron chi connectivity index (χ1n) is 6.52. The molecule has 2 aromatic rings. The summed E-state index contributed by atoms with van der Waals surface area (Å²) in [5.74, 6) is 1.94. The third kappa shape index (κ3) is 2.86. The Labute approximate surface area is 111 Å². The summed E-state index contributed by atoms with van der Waals surface area (Å²) in [4.78, 5) is 12.0. The molecule has 0 spiro atoms. The van der Waals surface area contributed by atoms with E-state index in [-0.39, 0.29) is 11.9 Å². The summed E-state index contributed by atoms with van der Waals surface area (Å²) in [5.41, 5.74) is 0.355. The minimum Gasteiger partial charge on any atom is -0.469 e. The van der Waals surface area contributed by atoms with Crippen LogP contribution < -0.4 is 5.32 Å². The molecule has 2 aromatic heterocycles. The highest BCUT2D eigenvalue weighted by atomic mass is 16.5. The van der Waals surface area contributed by atoms with Crippen molar-refractivity contribution in [2.75, 3.05) is 0 Å². The van der Waals surface area contributed by atoms with Crippen molar-refractivity contribution in [1.29, 1.82) is 0 Å². The molecular formula is C14H16N2O3. The number of rotatable bonds is 5. The van der Waals surface area contributed by atoms with Crippen molar-refractivity contribution in [3.63, 3.8) is 0 Å². The van der Waals surface area contributed by atoms with Crippen LogP contribution in [-0.2, 0) is 6.42 Å². The summed E-state index contributed by atoms with van der Waals surface area (Å²) in [5, 5.41) is 6.70. The molecule has 1 N–H and O–H groups in total. The van der Waals surface area contributed by atoms with E-state index in [1.807, 2.05) is 19.1 Å². The molecule has 0 aromatic carbocycles. The lowest BCUT2D eigenvalue weighted by Crippen LogP contribution is -2.34. The first-order chi connectivity index (χ1) is 9.22. The third-order valence-electron chi connectivity index (χ3n) is 3.21. The Morgan fingerprint density at radius 2 is 2.42 bits per heavy atom. The van der Waals surface area contributed by atoms with E-state index in [9.17, 15) is 4.79 Å². The second-order valence-electron chi connectivity index (χ2n) is 5.05. The van der Waals surface area contributed by atoms with Crippen molar-refractivity contribution in [2.45, 2.75) is 38.1 Å². The first kappa shape index (κ1) is 12.0. The van der Waals surface area contributed by atoms with E-state index < -0.39 is 0 Å². The lowest BCUT2D eigenvalue weighted by Gasteiger charge is -2.10. The largest absolute Gasteiger partial charge is 0.469 e. The maximum Gasteiger partial charge on any atom is 0.273 e. The summed E-state index contributed by atoms with van der Waals surface area (Å²) >= 11 is 0. The molecule has 1 aliphatic carbocycles. The van der Waals surface area contributed by atoms with E-state index in [4.69, 9.17) is 8.94 Å². The number of amides is 1. The highest BCUT2D eigenvalue weighted by Crippen LogP contribution is 2.40. The van der Waals surface area contributed by atoms with Gasteiger partial charge in [-0.1, -0.05) is 5.16 Å². The fourth-order valence-electron chi connectivity index (χ4n) is 2.04. The molecule has 0 unspecified atom stereocenters. The molecule has 1 aliphatic rings. The minimum atomic E-state index is -0.199. The van der Waals surface area contributed by atoms with Crippen LogP contribution in [0.15, 0.2) is 33.4 Å². The Kier molecular flexibility index (Phi) is 3.11. The van der Waals surface area contributed by atoms with Gasteiger partial charge >= 0.3 is 0 Å². The maximum absolute atomic E-state index is 12.0. The number of nitrogens with one attached hydrogen (secondary N) is 1. The van der Waals surface area contributed by atoms with Gasteiger partial charge in [-0.05, 0) is 31.9 Å². The zero-order valence-corrected chi connectivity index (χ0v) is 10.8. The highest BCUT2D eigenvalue weighted by molar-refractivity contribution is 5.92. The number of carbonyl (C=O) groups excluding carboxylic acids is 1. The van der Waals surface area contributed by atoms with Crippen LogP contribution in [0.5, 0.6) is 0 Å². The lowest BCUT2D eigenvalue weighted by molar-refractivity contribution is 0.0930. The Morgan fingerprint density at radius 1 is 1.58 bits per heavy atom. The molecule has 100 valence electrons. The van der Waals surface area contributed by atoms with Crippen LogP contribution >= 0.6 is 0 Å². The SMILES string of the molecule is C[C@H](Cc1ccco1)NC(=O)c1cc(C2CC2)on1. The van der Waals surface area contributed by atoms with Gasteiger partial charge in [-0.2, -0.15) is 0 Å². The maximum atomic E-state index is 12.0. The van der Waals surface area contributed by atoms with Crippen LogP contribution in [0.4, 0.5) is 0 Å². The van der Waals surface area contributed by atoms with Crippen LogP contribution in [0.25, 0.3) is 0 Å². The second kappa shape index (κ2) is 4.91. The average molecular weight is 260 g/mol. The fourth-order valence-corrected chi connectivity index (χ4v) is 2.04. The van der Waals surface area contributed by atoms with E-state index in [2.05, 4.69) is 10.5 Å². The van der Waals surface area contributed by atoms with Gasteiger partial charge in [-0.15, -0.1) is 0 Å². The topological polar surface area (TPSA) is 68.3 Å². The minimum absolute atomic E-state index is 0.0141. The van der Waals surface area contributed by atoms with Crippen molar-refractivity contribution in [3.05, 3.63) is 41.7 Å². The number of nitrogens with zero attached hydrogens (tertiary/aromatic N) is 1. The van der Waals surface area contributed by atoms with Crippen LogP contribution in [0.2, 0.25) is 0 Å². The van der Waals surface area contributed by atoms with Gasteiger partial charge < -0.3 is 14.3 Å². The van der Waals surface area contributed by atoms with Crippen molar-refractivity contribution in [3.8, 4) is 0 Å². The molecule has 1 saturated carbocycles. The van der Waals surface area contributed by atoms with E-state index in [0.29, 0.717) is 18.0 Å². The molecule has 5 nitrogen and oxygen atoms in total. The van der Waals surface area contributed by atoms with E-state index in [1.165, 1.54) is 0 Å². The van der Waals surface area contributed by atoms with E-state index >= 15 is 0 Å². The average Bonchev–Trinajstić information content (AvgIpc) is 2.91. The molecule has 0 bridgehead atoms. The monoisotopic (exact) mass is 260 g/mol. The standard InChI is InChI=1S/C14H16N2O3/c1-9(7-11-3-2-6-18-11)15-14(17)12-8-13(19-16-12)10-4-5-10/h2-3,6,8-10H,4-5,7H2,1H3,(H,15,17)/t9-/m1/s1. The van der Waals surface area contributed by atoms with Crippen LogP contribution in [-0.4, -0.2) is 17.1 Å². The fraction of sp³-hybridized carbons (Fsp3) is 0.429. The summed E-state index contributed by atoms with van der Waals surface area (Å²) in [6.45, 7) is 1.93. The Balaban J connectivity index is 1.57. The van der Waals surface area contributed by atoms with Crippen LogP contribution in [0.1, 0.15) is 47.7 Å². The van der Waals surface area contributed by atoms with Crippen molar-refractivity contribution in [2.24, 2.45) is 0 Å². The van der Waals surface area contributed by atoms with Gasteiger partial charge in [0.1, 0.15) is 11.5 Å². The first-order valence-corrected chi connectivity index (χ1v) is 6.52. The van der Waals surface area contributed by atoms with Crippen molar-refractivity contribution < 1.29 is 13.7 Å². The number of aromatic nitrogens is 1. The quantitative estimate of drug-likeness (QED) is 0.896. The predicted molar refractivity (Wildman–Crippen MR) is 67.8 cm³/mol. The number of hydrogen-bond acceptors (Lipinski definition) is 4. The van der Waals surface area contributed by atoms with Gasteiger partial charge in [0.05, 0.1) is 6.26 Å². The van der Waals surface area contributed by atoms with E-state index in [0.717, 1.165) is 24.4 Å². The van der Waals surface area contributed by atoms with Gasteiger partial charge in [0.15, 0.2) is 5.69 Å². The van der Waals surface area contributed by atoms with Crippen molar-refractivity contribution in [1.82, 2.24) is 10.5 Å². The van der Waals surface area contributed by atoms with Gasteiger partial charge in [0.25, 0.3) is 5.91 Å². The molecule has 5 heteroatoms. The van der Waals surface area contributed by atoms with Crippen LogP contribution in [0, 0.1) is 0 Å². The van der Waals surface area contributed by atoms with E-state index in [1.54, 1.807) is 12.3 Å². The molecule has 2 heterocycles. The number of carbonyl (C=O) groups is 1. The lowest BCUT2D eigenvalue weighted by atomic mass is 10.2. The molecule has 0 saturated heterocycles. The Hall–Kier alpha value is -2.04. The molecular weight excluding hydrogens is 244 g/mol. The molecule has 3 rings (SSSR count). The summed E-state index contributed by atoms with van der Waals surface area (Å²) in [6, 6.07) is 5.46. The molecule has 19 heavy (non-hydrogen) atoms. The molecule has 1 fully saturated rings. The predicted octanol–water partition coefficient (Wildman–Crippen LogP) is 2.51.